The van der Waals surface area contributed by atoms with Gasteiger partial charge in [0.25, 0.3) is 0 Å². The summed E-state index contributed by atoms with van der Waals surface area (Å²) in [5, 5.41) is 0.943. The van der Waals surface area contributed by atoms with E-state index in [9.17, 15) is 4.79 Å². The molecular weight excluding hydrogens is 276 g/mol. The van der Waals surface area contributed by atoms with Crippen LogP contribution in [0.1, 0.15) is 21.5 Å². The van der Waals surface area contributed by atoms with Gasteiger partial charge in [-0.05, 0) is 12.0 Å². The molecule has 86 valence electrons. The van der Waals surface area contributed by atoms with E-state index in [4.69, 9.17) is 0 Å². The van der Waals surface area contributed by atoms with Crippen LogP contribution in [0.25, 0.3) is 0 Å². The summed E-state index contributed by atoms with van der Waals surface area (Å²) in [6, 6.07) is 17.2. The first-order valence-corrected chi connectivity index (χ1v) is 6.68. The zero-order valence-electron chi connectivity index (χ0n) is 9.40. The Bertz CT molecular complexity index is 488. The molecule has 0 bridgehead atoms. The third kappa shape index (κ3) is 3.04. The van der Waals surface area contributed by atoms with Crippen molar-refractivity contribution in [3.05, 3.63) is 71.3 Å². The molecule has 0 unspecified atom stereocenters. The highest BCUT2D eigenvalue weighted by Gasteiger charge is 2.07. The fourth-order valence-electron chi connectivity index (χ4n) is 1.69. The standard InChI is InChI=1S/C15H13BrO/c16-11-10-12-6-8-14(9-7-12)15(17)13-4-2-1-3-5-13/h1-9H,10-11H2. The number of rotatable bonds is 4. The molecule has 0 N–H and O–H groups in total. The van der Waals surface area contributed by atoms with Gasteiger partial charge in [0.2, 0.25) is 0 Å². The molecule has 2 aromatic carbocycles. The van der Waals surface area contributed by atoms with E-state index < -0.39 is 0 Å². The first kappa shape index (κ1) is 12.1. The number of hydrogen-bond donors (Lipinski definition) is 0. The molecule has 0 atom stereocenters. The van der Waals surface area contributed by atoms with E-state index in [0.717, 1.165) is 22.9 Å². The smallest absolute Gasteiger partial charge is 0.193 e. The van der Waals surface area contributed by atoms with Crippen LogP contribution in [0.4, 0.5) is 0 Å². The maximum atomic E-state index is 12.1. The summed E-state index contributed by atoms with van der Waals surface area (Å²) in [6.45, 7) is 0. The van der Waals surface area contributed by atoms with Gasteiger partial charge in [-0.3, -0.25) is 4.79 Å². The van der Waals surface area contributed by atoms with Crippen molar-refractivity contribution in [3.63, 3.8) is 0 Å². The lowest BCUT2D eigenvalue weighted by atomic mass is 10.0. The van der Waals surface area contributed by atoms with Crippen LogP contribution in [0.3, 0.4) is 0 Å². The predicted molar refractivity (Wildman–Crippen MR) is 73.8 cm³/mol. The molecule has 2 heteroatoms. The number of carbonyl (C=O) groups excluding carboxylic acids is 1. The fraction of sp³-hybridized carbons (Fsp3) is 0.133. The van der Waals surface area contributed by atoms with Crippen LogP contribution in [-0.2, 0) is 6.42 Å². The Morgan fingerprint density at radius 1 is 0.882 bits per heavy atom. The van der Waals surface area contributed by atoms with Gasteiger partial charge in [0.05, 0.1) is 0 Å². The first-order chi connectivity index (χ1) is 8.31. The lowest BCUT2D eigenvalue weighted by molar-refractivity contribution is 0.103. The van der Waals surface area contributed by atoms with Gasteiger partial charge in [0.15, 0.2) is 5.78 Å². The van der Waals surface area contributed by atoms with Crippen LogP contribution in [0.5, 0.6) is 0 Å². The molecule has 2 rings (SSSR count). The summed E-state index contributed by atoms with van der Waals surface area (Å²) in [4.78, 5) is 12.1. The minimum absolute atomic E-state index is 0.0796. The number of aryl methyl sites for hydroxylation is 1. The van der Waals surface area contributed by atoms with E-state index in [0.29, 0.717) is 0 Å². The Kier molecular flexibility index (Phi) is 4.10. The van der Waals surface area contributed by atoms with Gasteiger partial charge in [-0.15, -0.1) is 0 Å². The normalized spacial score (nSPS) is 10.2. The number of benzene rings is 2. The fourth-order valence-corrected chi connectivity index (χ4v) is 2.15. The quantitative estimate of drug-likeness (QED) is 0.617. The molecule has 0 aliphatic carbocycles. The molecule has 0 aliphatic rings. The highest BCUT2D eigenvalue weighted by atomic mass is 79.9. The van der Waals surface area contributed by atoms with Crippen LogP contribution < -0.4 is 0 Å². The van der Waals surface area contributed by atoms with Crippen LogP contribution in [0.15, 0.2) is 54.6 Å². The van der Waals surface area contributed by atoms with Crippen molar-refractivity contribution in [2.24, 2.45) is 0 Å². The summed E-state index contributed by atoms with van der Waals surface area (Å²) in [5.41, 5.74) is 2.72. The molecule has 0 saturated heterocycles. The molecule has 0 heterocycles. The van der Waals surface area contributed by atoms with Gasteiger partial charge in [0, 0.05) is 16.5 Å². The summed E-state index contributed by atoms with van der Waals surface area (Å²) in [5.74, 6) is 0.0796. The summed E-state index contributed by atoms with van der Waals surface area (Å²) in [6.07, 6.45) is 0.986. The Hall–Kier alpha value is -1.41. The second-order valence-electron chi connectivity index (χ2n) is 3.83. The molecule has 0 aliphatic heterocycles. The van der Waals surface area contributed by atoms with E-state index in [-0.39, 0.29) is 5.78 Å². The van der Waals surface area contributed by atoms with Crippen LogP contribution in [-0.4, -0.2) is 11.1 Å². The number of ketones is 1. The second kappa shape index (κ2) is 5.78. The second-order valence-corrected chi connectivity index (χ2v) is 4.62. The monoisotopic (exact) mass is 288 g/mol. The number of halogens is 1. The molecule has 17 heavy (non-hydrogen) atoms. The Morgan fingerprint density at radius 2 is 1.47 bits per heavy atom. The van der Waals surface area contributed by atoms with Crippen LogP contribution in [0.2, 0.25) is 0 Å². The van der Waals surface area contributed by atoms with Gasteiger partial charge in [-0.2, -0.15) is 0 Å². The van der Waals surface area contributed by atoms with Crippen LogP contribution >= 0.6 is 15.9 Å². The van der Waals surface area contributed by atoms with Gasteiger partial charge >= 0.3 is 0 Å². The summed E-state index contributed by atoms with van der Waals surface area (Å²) in [7, 11) is 0. The van der Waals surface area contributed by atoms with E-state index >= 15 is 0 Å². The molecule has 2 aromatic rings. The predicted octanol–water partition coefficient (Wildman–Crippen LogP) is 3.86. The summed E-state index contributed by atoms with van der Waals surface area (Å²) < 4.78 is 0. The van der Waals surface area contributed by atoms with E-state index in [2.05, 4.69) is 15.9 Å². The van der Waals surface area contributed by atoms with Gasteiger partial charge < -0.3 is 0 Å². The Balaban J connectivity index is 2.20. The third-order valence-corrected chi connectivity index (χ3v) is 3.03. The molecule has 0 amide bonds. The maximum Gasteiger partial charge on any atom is 0.193 e. The number of carbonyl (C=O) groups is 1. The first-order valence-electron chi connectivity index (χ1n) is 5.56. The number of alkyl halides is 1. The average molecular weight is 289 g/mol. The van der Waals surface area contributed by atoms with Crippen molar-refractivity contribution < 1.29 is 4.79 Å². The van der Waals surface area contributed by atoms with Crippen molar-refractivity contribution in [3.8, 4) is 0 Å². The van der Waals surface area contributed by atoms with Crippen molar-refractivity contribution in [1.29, 1.82) is 0 Å². The van der Waals surface area contributed by atoms with Crippen LogP contribution in [0, 0.1) is 0 Å². The van der Waals surface area contributed by atoms with Crippen molar-refractivity contribution in [2.75, 3.05) is 5.33 Å². The highest BCUT2D eigenvalue weighted by molar-refractivity contribution is 9.09. The average Bonchev–Trinajstić information content (AvgIpc) is 2.40. The maximum absolute atomic E-state index is 12.1. The van der Waals surface area contributed by atoms with Crippen molar-refractivity contribution in [2.45, 2.75) is 6.42 Å². The number of hydrogen-bond acceptors (Lipinski definition) is 1. The lowest BCUT2D eigenvalue weighted by Gasteiger charge is -2.02. The zero-order valence-corrected chi connectivity index (χ0v) is 11.0. The molecule has 0 spiro atoms. The van der Waals surface area contributed by atoms with Gasteiger partial charge in [-0.25, -0.2) is 0 Å². The minimum atomic E-state index is 0.0796. The van der Waals surface area contributed by atoms with Crippen molar-refractivity contribution in [1.82, 2.24) is 0 Å². The highest BCUT2D eigenvalue weighted by Crippen LogP contribution is 2.11. The molecule has 0 fully saturated rings. The van der Waals surface area contributed by atoms with Gasteiger partial charge in [0.1, 0.15) is 0 Å². The molecular formula is C15H13BrO. The Morgan fingerprint density at radius 3 is 2.06 bits per heavy atom. The topological polar surface area (TPSA) is 17.1 Å². The summed E-state index contributed by atoms with van der Waals surface area (Å²) >= 11 is 3.40. The third-order valence-electron chi connectivity index (χ3n) is 2.64. The SMILES string of the molecule is O=C(c1ccccc1)c1ccc(CCBr)cc1. The molecule has 0 aromatic heterocycles. The van der Waals surface area contributed by atoms with E-state index in [1.165, 1.54) is 5.56 Å². The minimum Gasteiger partial charge on any atom is -0.289 e. The Labute approximate surface area is 110 Å². The van der Waals surface area contributed by atoms with Crippen molar-refractivity contribution >= 4 is 21.7 Å². The molecule has 1 nitrogen and oxygen atoms in total. The lowest BCUT2D eigenvalue weighted by Crippen LogP contribution is -2.01. The largest absolute Gasteiger partial charge is 0.289 e. The van der Waals surface area contributed by atoms with Gasteiger partial charge in [-0.1, -0.05) is 70.5 Å². The zero-order chi connectivity index (χ0) is 12.1. The van der Waals surface area contributed by atoms with E-state index in [1.54, 1.807) is 0 Å². The molecule has 0 radical (unpaired) electrons. The van der Waals surface area contributed by atoms with E-state index in [1.807, 2.05) is 54.6 Å². The molecule has 0 saturated carbocycles.